The molecule has 1 aromatic rings. The standard InChI is InChI=1S/C12H16FNO/c1-10-3-2-4-11(12(10)13)9-14-5-7-15-8-6-14/h2-4H,5-9H2,1H3. The minimum atomic E-state index is -0.0657. The number of benzene rings is 1. The number of morpholine rings is 1. The average molecular weight is 209 g/mol. The second-order valence-electron chi connectivity index (χ2n) is 3.94. The van der Waals surface area contributed by atoms with Crippen molar-refractivity contribution in [2.24, 2.45) is 0 Å². The first-order chi connectivity index (χ1) is 7.27. The molecule has 0 bridgehead atoms. The smallest absolute Gasteiger partial charge is 0.130 e. The van der Waals surface area contributed by atoms with Gasteiger partial charge >= 0.3 is 0 Å². The lowest BCUT2D eigenvalue weighted by molar-refractivity contribution is 0.0337. The summed E-state index contributed by atoms with van der Waals surface area (Å²) in [5, 5.41) is 0. The molecule has 0 aromatic heterocycles. The van der Waals surface area contributed by atoms with E-state index < -0.39 is 0 Å². The number of hydrogen-bond donors (Lipinski definition) is 0. The van der Waals surface area contributed by atoms with Gasteiger partial charge in [0.15, 0.2) is 0 Å². The van der Waals surface area contributed by atoms with Gasteiger partial charge in [-0.3, -0.25) is 4.90 Å². The van der Waals surface area contributed by atoms with Gasteiger partial charge in [-0.05, 0) is 12.5 Å². The normalized spacial score (nSPS) is 18.0. The summed E-state index contributed by atoms with van der Waals surface area (Å²) in [7, 11) is 0. The molecule has 3 heteroatoms. The molecule has 0 N–H and O–H groups in total. The second-order valence-corrected chi connectivity index (χ2v) is 3.94. The molecule has 2 nitrogen and oxygen atoms in total. The first-order valence-electron chi connectivity index (χ1n) is 5.31. The Bertz CT molecular complexity index is 334. The van der Waals surface area contributed by atoms with Crippen molar-refractivity contribution in [3.05, 3.63) is 35.1 Å². The molecular formula is C12H16FNO. The summed E-state index contributed by atoms with van der Waals surface area (Å²) in [5.74, 6) is -0.0657. The summed E-state index contributed by atoms with van der Waals surface area (Å²) < 4.78 is 19.0. The lowest BCUT2D eigenvalue weighted by atomic mass is 10.1. The van der Waals surface area contributed by atoms with Gasteiger partial charge in [0.25, 0.3) is 0 Å². The van der Waals surface area contributed by atoms with Crippen LogP contribution >= 0.6 is 0 Å². The fourth-order valence-electron chi connectivity index (χ4n) is 1.83. The summed E-state index contributed by atoms with van der Waals surface area (Å²) in [6, 6.07) is 5.57. The Morgan fingerprint density at radius 3 is 2.80 bits per heavy atom. The lowest BCUT2D eigenvalue weighted by Crippen LogP contribution is -2.35. The van der Waals surface area contributed by atoms with Crippen molar-refractivity contribution in [3.63, 3.8) is 0 Å². The molecule has 0 saturated carbocycles. The van der Waals surface area contributed by atoms with Crippen LogP contribution in [0.15, 0.2) is 18.2 Å². The van der Waals surface area contributed by atoms with Gasteiger partial charge in [-0.1, -0.05) is 18.2 Å². The van der Waals surface area contributed by atoms with Crippen molar-refractivity contribution in [3.8, 4) is 0 Å². The van der Waals surface area contributed by atoms with Crippen LogP contribution in [0.1, 0.15) is 11.1 Å². The fraction of sp³-hybridized carbons (Fsp3) is 0.500. The summed E-state index contributed by atoms with van der Waals surface area (Å²) >= 11 is 0. The minimum Gasteiger partial charge on any atom is -0.379 e. The number of rotatable bonds is 2. The third-order valence-corrected chi connectivity index (χ3v) is 2.77. The predicted octanol–water partition coefficient (Wildman–Crippen LogP) is 1.97. The Kier molecular flexibility index (Phi) is 3.34. The van der Waals surface area contributed by atoms with Crippen LogP contribution in [-0.4, -0.2) is 31.2 Å². The fourth-order valence-corrected chi connectivity index (χ4v) is 1.83. The van der Waals surface area contributed by atoms with Gasteiger partial charge in [0.1, 0.15) is 5.82 Å². The van der Waals surface area contributed by atoms with Gasteiger partial charge in [0, 0.05) is 25.2 Å². The van der Waals surface area contributed by atoms with E-state index in [4.69, 9.17) is 4.74 Å². The minimum absolute atomic E-state index is 0.0657. The Morgan fingerprint density at radius 1 is 1.33 bits per heavy atom. The molecule has 1 heterocycles. The highest BCUT2D eigenvalue weighted by atomic mass is 19.1. The highest BCUT2D eigenvalue weighted by Crippen LogP contribution is 2.14. The number of ether oxygens (including phenoxy) is 1. The molecule has 1 saturated heterocycles. The molecule has 0 amide bonds. The van der Waals surface area contributed by atoms with Crippen LogP contribution in [-0.2, 0) is 11.3 Å². The molecular weight excluding hydrogens is 193 g/mol. The molecule has 1 aromatic carbocycles. The van der Waals surface area contributed by atoms with Gasteiger partial charge < -0.3 is 4.74 Å². The Hall–Kier alpha value is -0.930. The average Bonchev–Trinajstić information content (AvgIpc) is 2.26. The van der Waals surface area contributed by atoms with Gasteiger partial charge in [0.05, 0.1) is 13.2 Å². The van der Waals surface area contributed by atoms with Crippen LogP contribution in [0.25, 0.3) is 0 Å². The molecule has 82 valence electrons. The number of aryl methyl sites for hydroxylation is 1. The highest BCUT2D eigenvalue weighted by Gasteiger charge is 2.13. The van der Waals surface area contributed by atoms with Crippen LogP contribution in [0.5, 0.6) is 0 Å². The van der Waals surface area contributed by atoms with Crippen molar-refractivity contribution >= 4 is 0 Å². The summed E-state index contributed by atoms with van der Waals surface area (Å²) in [5.41, 5.74) is 1.51. The Morgan fingerprint density at radius 2 is 2.07 bits per heavy atom. The van der Waals surface area contributed by atoms with Crippen molar-refractivity contribution in [1.29, 1.82) is 0 Å². The zero-order chi connectivity index (χ0) is 10.7. The van der Waals surface area contributed by atoms with E-state index in [1.165, 1.54) is 0 Å². The van der Waals surface area contributed by atoms with Crippen LogP contribution in [0.3, 0.4) is 0 Å². The van der Waals surface area contributed by atoms with E-state index in [-0.39, 0.29) is 5.82 Å². The van der Waals surface area contributed by atoms with E-state index in [9.17, 15) is 4.39 Å². The largest absolute Gasteiger partial charge is 0.379 e. The topological polar surface area (TPSA) is 12.5 Å². The van der Waals surface area contributed by atoms with Crippen molar-refractivity contribution in [2.75, 3.05) is 26.3 Å². The van der Waals surface area contributed by atoms with Gasteiger partial charge in [-0.2, -0.15) is 0 Å². The molecule has 2 rings (SSSR count). The molecule has 0 aliphatic carbocycles. The van der Waals surface area contributed by atoms with Crippen LogP contribution in [0.2, 0.25) is 0 Å². The van der Waals surface area contributed by atoms with E-state index in [2.05, 4.69) is 4.90 Å². The maximum Gasteiger partial charge on any atom is 0.130 e. The monoisotopic (exact) mass is 209 g/mol. The first kappa shape index (κ1) is 10.6. The van der Waals surface area contributed by atoms with Gasteiger partial charge in [-0.25, -0.2) is 4.39 Å². The van der Waals surface area contributed by atoms with E-state index in [1.54, 1.807) is 13.0 Å². The van der Waals surface area contributed by atoms with E-state index in [0.29, 0.717) is 6.54 Å². The highest BCUT2D eigenvalue weighted by molar-refractivity contribution is 5.24. The quantitative estimate of drug-likeness (QED) is 0.738. The predicted molar refractivity (Wildman–Crippen MR) is 57.2 cm³/mol. The Balaban J connectivity index is 2.06. The first-order valence-corrected chi connectivity index (χ1v) is 5.31. The maximum absolute atomic E-state index is 13.7. The SMILES string of the molecule is Cc1cccc(CN2CCOCC2)c1F. The number of halogens is 1. The zero-order valence-corrected chi connectivity index (χ0v) is 9.00. The molecule has 0 spiro atoms. The molecule has 0 atom stereocenters. The molecule has 0 radical (unpaired) electrons. The third-order valence-electron chi connectivity index (χ3n) is 2.77. The molecule has 1 aliphatic rings. The zero-order valence-electron chi connectivity index (χ0n) is 9.00. The summed E-state index contributed by atoms with van der Waals surface area (Å²) in [6.45, 7) is 5.80. The van der Waals surface area contributed by atoms with Crippen molar-refractivity contribution in [2.45, 2.75) is 13.5 Å². The maximum atomic E-state index is 13.7. The lowest BCUT2D eigenvalue weighted by Gasteiger charge is -2.26. The number of hydrogen-bond acceptors (Lipinski definition) is 2. The van der Waals surface area contributed by atoms with Crippen LogP contribution in [0.4, 0.5) is 4.39 Å². The van der Waals surface area contributed by atoms with Crippen molar-refractivity contribution in [1.82, 2.24) is 4.90 Å². The van der Waals surface area contributed by atoms with E-state index in [1.807, 2.05) is 12.1 Å². The van der Waals surface area contributed by atoms with Gasteiger partial charge in [-0.15, -0.1) is 0 Å². The van der Waals surface area contributed by atoms with E-state index >= 15 is 0 Å². The molecule has 1 aliphatic heterocycles. The molecule has 15 heavy (non-hydrogen) atoms. The summed E-state index contributed by atoms with van der Waals surface area (Å²) in [4.78, 5) is 2.22. The molecule has 0 unspecified atom stereocenters. The molecule has 1 fully saturated rings. The van der Waals surface area contributed by atoms with Crippen molar-refractivity contribution < 1.29 is 9.13 Å². The van der Waals surface area contributed by atoms with E-state index in [0.717, 1.165) is 37.4 Å². The second kappa shape index (κ2) is 4.73. The third kappa shape index (κ3) is 2.55. The van der Waals surface area contributed by atoms with Gasteiger partial charge in [0.2, 0.25) is 0 Å². The van der Waals surface area contributed by atoms with Crippen LogP contribution in [0, 0.1) is 12.7 Å². The Labute approximate surface area is 89.7 Å². The summed E-state index contributed by atoms with van der Waals surface area (Å²) in [6.07, 6.45) is 0. The number of nitrogens with zero attached hydrogens (tertiary/aromatic N) is 1. The van der Waals surface area contributed by atoms with Crippen LogP contribution < -0.4 is 0 Å².